The number of carbonyl (C=O) groups is 2. The second-order valence-electron chi connectivity index (χ2n) is 7.39. The van der Waals surface area contributed by atoms with Gasteiger partial charge in [-0.2, -0.15) is 0 Å². The Balaban J connectivity index is 2.31. The molecule has 0 heterocycles. The first-order valence-electron chi connectivity index (χ1n) is 10.2. The molecule has 25 heavy (non-hydrogen) atoms. The van der Waals surface area contributed by atoms with Crippen LogP contribution in [0.2, 0.25) is 0 Å². The topological polar surface area (TPSA) is 52.6 Å². The zero-order valence-corrected chi connectivity index (χ0v) is 16.3. The zero-order valence-electron chi connectivity index (χ0n) is 16.3. The molecule has 2 rings (SSSR count). The maximum absolute atomic E-state index is 12.7. The Morgan fingerprint density at radius 1 is 0.760 bits per heavy atom. The van der Waals surface area contributed by atoms with Crippen molar-refractivity contribution in [2.45, 2.75) is 72.6 Å². The molecule has 2 aliphatic rings. The molecule has 0 saturated heterocycles. The lowest BCUT2D eigenvalue weighted by Crippen LogP contribution is -2.38. The molecular weight excluding hydrogens is 316 g/mol. The zero-order chi connectivity index (χ0) is 18.4. The van der Waals surface area contributed by atoms with Crippen LogP contribution in [0.15, 0.2) is 11.1 Å². The molecule has 142 valence electrons. The molecule has 2 bridgehead atoms. The monoisotopic (exact) mass is 350 g/mol. The molecule has 4 heteroatoms. The second kappa shape index (κ2) is 9.40. The molecule has 4 atom stereocenters. The van der Waals surface area contributed by atoms with Crippen LogP contribution in [0.25, 0.3) is 0 Å². The Morgan fingerprint density at radius 3 is 1.48 bits per heavy atom. The molecular formula is C21H34O4. The Bertz CT molecular complexity index is 464. The lowest BCUT2D eigenvalue weighted by atomic mass is 9.73. The number of hydrogen-bond donors (Lipinski definition) is 0. The van der Waals surface area contributed by atoms with Crippen molar-refractivity contribution in [3.63, 3.8) is 0 Å². The molecule has 0 aromatic heterocycles. The van der Waals surface area contributed by atoms with Gasteiger partial charge in [0.2, 0.25) is 0 Å². The van der Waals surface area contributed by atoms with E-state index in [4.69, 9.17) is 9.47 Å². The number of hydrogen-bond acceptors (Lipinski definition) is 4. The molecule has 0 spiro atoms. The van der Waals surface area contributed by atoms with Crippen LogP contribution in [-0.2, 0) is 19.1 Å². The van der Waals surface area contributed by atoms with Gasteiger partial charge in [0, 0.05) is 0 Å². The smallest absolute Gasteiger partial charge is 0.310 e. The third kappa shape index (κ3) is 4.09. The van der Waals surface area contributed by atoms with E-state index in [-0.39, 0.29) is 35.6 Å². The quantitative estimate of drug-likeness (QED) is 0.424. The fraction of sp³-hybridized carbons (Fsp3) is 0.810. The normalized spacial score (nSPS) is 27.7. The van der Waals surface area contributed by atoms with E-state index in [0.29, 0.717) is 13.2 Å². The minimum absolute atomic E-state index is 0.176. The maximum Gasteiger partial charge on any atom is 0.310 e. The van der Waals surface area contributed by atoms with Gasteiger partial charge in [-0.25, -0.2) is 0 Å². The summed E-state index contributed by atoms with van der Waals surface area (Å²) < 4.78 is 10.9. The SMILES string of the molecule is CCCOC(=O)C1C2CC(C(CCC)=C2CCC)C1C(=O)OCCC. The van der Waals surface area contributed by atoms with Crippen LogP contribution in [0, 0.1) is 23.7 Å². The summed E-state index contributed by atoms with van der Waals surface area (Å²) in [6.45, 7) is 9.20. The number of carbonyl (C=O) groups excluding carboxylic acids is 2. The summed E-state index contributed by atoms with van der Waals surface area (Å²) in [6.07, 6.45) is 6.74. The van der Waals surface area contributed by atoms with Gasteiger partial charge in [0.05, 0.1) is 25.0 Å². The Labute approximate surface area is 152 Å². The molecule has 2 aliphatic carbocycles. The van der Waals surface area contributed by atoms with Crippen LogP contribution < -0.4 is 0 Å². The molecule has 0 amide bonds. The Morgan fingerprint density at radius 2 is 1.16 bits per heavy atom. The molecule has 1 saturated carbocycles. The summed E-state index contributed by atoms with van der Waals surface area (Å²) >= 11 is 0. The standard InChI is InChI=1S/C21H34O4/c1-5-9-14-15(10-6-2)17-13-16(14)18(20(22)24-11-7-3)19(17)21(23)25-12-8-4/h16-19H,5-13H2,1-4H3. The summed E-state index contributed by atoms with van der Waals surface area (Å²) in [5, 5.41) is 0. The summed E-state index contributed by atoms with van der Waals surface area (Å²) in [5.41, 5.74) is 2.87. The third-order valence-electron chi connectivity index (χ3n) is 5.55. The van der Waals surface area contributed by atoms with Crippen LogP contribution in [0.1, 0.15) is 72.6 Å². The first-order valence-corrected chi connectivity index (χ1v) is 10.2. The third-order valence-corrected chi connectivity index (χ3v) is 5.55. The highest BCUT2D eigenvalue weighted by atomic mass is 16.5. The maximum atomic E-state index is 12.7. The lowest BCUT2D eigenvalue weighted by Gasteiger charge is -2.32. The highest BCUT2D eigenvalue weighted by molar-refractivity contribution is 5.85. The number of allylic oxidation sites excluding steroid dienone is 2. The lowest BCUT2D eigenvalue weighted by molar-refractivity contribution is -0.161. The average molecular weight is 350 g/mol. The van der Waals surface area contributed by atoms with E-state index in [1.165, 1.54) is 11.1 Å². The van der Waals surface area contributed by atoms with Gasteiger partial charge in [-0.05, 0) is 43.9 Å². The van der Waals surface area contributed by atoms with E-state index in [1.54, 1.807) is 0 Å². The second-order valence-corrected chi connectivity index (χ2v) is 7.39. The molecule has 4 nitrogen and oxygen atoms in total. The van der Waals surface area contributed by atoms with E-state index in [1.807, 2.05) is 13.8 Å². The predicted octanol–water partition coefficient (Wildman–Crippen LogP) is 4.67. The molecule has 0 aromatic rings. The number of rotatable bonds is 10. The van der Waals surface area contributed by atoms with E-state index >= 15 is 0 Å². The van der Waals surface area contributed by atoms with Crippen LogP contribution in [0.3, 0.4) is 0 Å². The number of fused-ring (bicyclic) bond motifs is 2. The van der Waals surface area contributed by atoms with Crippen molar-refractivity contribution >= 4 is 11.9 Å². The van der Waals surface area contributed by atoms with Gasteiger partial charge >= 0.3 is 11.9 Å². The van der Waals surface area contributed by atoms with Gasteiger partial charge in [-0.15, -0.1) is 0 Å². The van der Waals surface area contributed by atoms with Gasteiger partial charge in [-0.3, -0.25) is 9.59 Å². The highest BCUT2D eigenvalue weighted by Crippen LogP contribution is 2.58. The van der Waals surface area contributed by atoms with Gasteiger partial charge in [0.15, 0.2) is 0 Å². The molecule has 0 N–H and O–H groups in total. The summed E-state index contributed by atoms with van der Waals surface area (Å²) in [5.74, 6) is -0.731. The van der Waals surface area contributed by atoms with Gasteiger partial charge < -0.3 is 9.47 Å². The molecule has 4 unspecified atom stereocenters. The van der Waals surface area contributed by atoms with E-state index in [9.17, 15) is 9.59 Å². The summed E-state index contributed by atoms with van der Waals surface area (Å²) in [6, 6.07) is 0. The van der Waals surface area contributed by atoms with Crippen molar-refractivity contribution in [3.8, 4) is 0 Å². The summed E-state index contributed by atoms with van der Waals surface area (Å²) in [7, 11) is 0. The Kier molecular flexibility index (Phi) is 7.52. The predicted molar refractivity (Wildman–Crippen MR) is 97.9 cm³/mol. The van der Waals surface area contributed by atoms with Crippen molar-refractivity contribution in [2.24, 2.45) is 23.7 Å². The van der Waals surface area contributed by atoms with Gasteiger partial charge in [-0.1, -0.05) is 51.7 Å². The average Bonchev–Trinajstić information content (AvgIpc) is 3.15. The van der Waals surface area contributed by atoms with Crippen molar-refractivity contribution in [1.29, 1.82) is 0 Å². The highest BCUT2D eigenvalue weighted by Gasteiger charge is 2.58. The largest absolute Gasteiger partial charge is 0.465 e. The van der Waals surface area contributed by atoms with Crippen molar-refractivity contribution in [3.05, 3.63) is 11.1 Å². The van der Waals surface area contributed by atoms with Crippen LogP contribution in [-0.4, -0.2) is 25.2 Å². The molecule has 0 aromatic carbocycles. The van der Waals surface area contributed by atoms with Crippen LogP contribution in [0.5, 0.6) is 0 Å². The number of esters is 2. The Hall–Kier alpha value is -1.32. The van der Waals surface area contributed by atoms with Gasteiger partial charge in [0.1, 0.15) is 0 Å². The first-order chi connectivity index (χ1) is 12.1. The minimum atomic E-state index is -0.344. The number of ether oxygens (including phenoxy) is 2. The van der Waals surface area contributed by atoms with Crippen LogP contribution >= 0.6 is 0 Å². The van der Waals surface area contributed by atoms with E-state index in [2.05, 4.69) is 13.8 Å². The fourth-order valence-corrected chi connectivity index (χ4v) is 4.71. The van der Waals surface area contributed by atoms with Crippen molar-refractivity contribution in [1.82, 2.24) is 0 Å². The van der Waals surface area contributed by atoms with Crippen molar-refractivity contribution in [2.75, 3.05) is 13.2 Å². The van der Waals surface area contributed by atoms with Crippen molar-refractivity contribution < 1.29 is 19.1 Å². The fourth-order valence-electron chi connectivity index (χ4n) is 4.71. The first kappa shape index (κ1) is 20.0. The molecule has 0 aliphatic heterocycles. The van der Waals surface area contributed by atoms with Crippen LogP contribution in [0.4, 0.5) is 0 Å². The molecule has 0 radical (unpaired) electrons. The van der Waals surface area contributed by atoms with E-state index < -0.39 is 0 Å². The minimum Gasteiger partial charge on any atom is -0.465 e. The van der Waals surface area contributed by atoms with Gasteiger partial charge in [0.25, 0.3) is 0 Å². The van der Waals surface area contributed by atoms with E-state index in [0.717, 1.165) is 44.9 Å². The molecule has 1 fully saturated rings. The summed E-state index contributed by atoms with van der Waals surface area (Å²) in [4.78, 5) is 25.5.